The molecule has 0 atom stereocenters. The summed E-state index contributed by atoms with van der Waals surface area (Å²) >= 11 is 0. The molecular formula is C25H23FN2O. The van der Waals surface area contributed by atoms with Crippen molar-refractivity contribution in [2.24, 2.45) is 0 Å². The van der Waals surface area contributed by atoms with Crippen LogP contribution in [0, 0.1) is 5.82 Å². The summed E-state index contributed by atoms with van der Waals surface area (Å²) in [5.74, 6) is -0.0343. The number of piperazine rings is 1. The number of halogens is 1. The van der Waals surface area contributed by atoms with Crippen LogP contribution in [0.3, 0.4) is 0 Å². The summed E-state index contributed by atoms with van der Waals surface area (Å²) in [6.07, 6.45) is 6.83. The summed E-state index contributed by atoms with van der Waals surface area (Å²) in [5, 5.41) is 0. The molecule has 1 saturated heterocycles. The molecule has 4 rings (SSSR count). The SMILES string of the molecule is O=C(CCC1=C=C=CC=C1)c1ccc(N2CCN(c3ccccc3F)CC2)cc1. The standard InChI is InChI=1S/C25H23FN2O/c26-23-8-4-5-9-24(23)28-18-16-27(17-19-28)22-13-11-21(12-14-22)25(29)15-10-20-6-2-1-3-7-20/h1-2,4-6,8-9,11-14H,10,15-19H2. The van der Waals surface area contributed by atoms with Crippen LogP contribution >= 0.6 is 0 Å². The maximum absolute atomic E-state index is 14.0. The van der Waals surface area contributed by atoms with Crippen LogP contribution in [0.15, 0.2) is 83.8 Å². The number of carbonyl (C=O) groups is 1. The maximum Gasteiger partial charge on any atom is 0.163 e. The molecule has 2 aliphatic rings. The molecule has 1 heterocycles. The molecule has 0 aromatic heterocycles. The Morgan fingerprint density at radius 2 is 1.69 bits per heavy atom. The fourth-order valence-corrected chi connectivity index (χ4v) is 3.70. The van der Waals surface area contributed by atoms with E-state index in [4.69, 9.17) is 0 Å². The lowest BCUT2D eigenvalue weighted by Crippen LogP contribution is -2.46. The van der Waals surface area contributed by atoms with Gasteiger partial charge in [-0.05, 0) is 55.0 Å². The second kappa shape index (κ2) is 8.79. The van der Waals surface area contributed by atoms with Crippen LogP contribution in [0.2, 0.25) is 0 Å². The van der Waals surface area contributed by atoms with Crippen molar-refractivity contribution in [3.05, 3.63) is 95.2 Å². The van der Waals surface area contributed by atoms with Crippen molar-refractivity contribution >= 4 is 17.2 Å². The van der Waals surface area contributed by atoms with Gasteiger partial charge in [0.05, 0.1) is 5.69 Å². The molecule has 0 spiro atoms. The van der Waals surface area contributed by atoms with Crippen LogP contribution in [0.4, 0.5) is 15.8 Å². The zero-order chi connectivity index (χ0) is 20.1. The predicted molar refractivity (Wildman–Crippen MR) is 115 cm³/mol. The number of Topliss-reactive ketones (excluding diaryl/α,β-unsaturated/α-hetero) is 1. The molecule has 2 aromatic rings. The number of nitrogens with zero attached hydrogens (tertiary/aromatic N) is 2. The first-order valence-corrected chi connectivity index (χ1v) is 9.96. The van der Waals surface area contributed by atoms with E-state index in [0.717, 1.165) is 43.0 Å². The number of ketones is 1. The highest BCUT2D eigenvalue weighted by atomic mass is 19.1. The van der Waals surface area contributed by atoms with Gasteiger partial charge in [-0.1, -0.05) is 29.7 Å². The number of carbonyl (C=O) groups excluding carboxylic acids is 1. The Balaban J connectivity index is 1.33. The van der Waals surface area contributed by atoms with Gasteiger partial charge in [-0.3, -0.25) is 4.79 Å². The van der Waals surface area contributed by atoms with Crippen molar-refractivity contribution in [2.75, 3.05) is 36.0 Å². The first-order chi connectivity index (χ1) is 14.2. The molecule has 4 heteroatoms. The Kier molecular flexibility index (Phi) is 5.76. The second-order valence-electron chi connectivity index (χ2n) is 7.22. The van der Waals surface area contributed by atoms with Gasteiger partial charge in [0.25, 0.3) is 0 Å². The molecule has 1 aliphatic heterocycles. The van der Waals surface area contributed by atoms with E-state index in [-0.39, 0.29) is 11.6 Å². The van der Waals surface area contributed by atoms with E-state index in [0.29, 0.717) is 18.5 Å². The number of para-hydroxylation sites is 1. The Labute approximate surface area is 170 Å². The van der Waals surface area contributed by atoms with E-state index >= 15 is 0 Å². The molecule has 0 N–H and O–H groups in total. The molecular weight excluding hydrogens is 363 g/mol. The molecule has 0 unspecified atom stereocenters. The third kappa shape index (κ3) is 4.57. The lowest BCUT2D eigenvalue weighted by atomic mass is 10.0. The Hall–Kier alpha value is -3.32. The minimum atomic E-state index is -0.171. The Morgan fingerprint density at radius 1 is 0.966 bits per heavy atom. The van der Waals surface area contributed by atoms with Gasteiger partial charge in [0.1, 0.15) is 5.82 Å². The van der Waals surface area contributed by atoms with Gasteiger partial charge in [-0.25, -0.2) is 4.39 Å². The number of anilines is 2. The highest BCUT2D eigenvalue weighted by molar-refractivity contribution is 5.96. The molecule has 0 saturated carbocycles. The van der Waals surface area contributed by atoms with Crippen molar-refractivity contribution in [3.63, 3.8) is 0 Å². The molecule has 3 nitrogen and oxygen atoms in total. The molecule has 2 aromatic carbocycles. The molecule has 1 fully saturated rings. The van der Waals surface area contributed by atoms with E-state index in [9.17, 15) is 9.18 Å². The van der Waals surface area contributed by atoms with Gasteiger partial charge >= 0.3 is 0 Å². The maximum atomic E-state index is 14.0. The molecule has 146 valence electrons. The third-order valence-electron chi connectivity index (χ3n) is 5.36. The number of rotatable bonds is 6. The zero-order valence-corrected chi connectivity index (χ0v) is 16.3. The van der Waals surface area contributed by atoms with Gasteiger partial charge in [-0.15, -0.1) is 0 Å². The van der Waals surface area contributed by atoms with Crippen molar-refractivity contribution in [3.8, 4) is 0 Å². The average molecular weight is 386 g/mol. The minimum Gasteiger partial charge on any atom is -0.368 e. The molecule has 1 aliphatic carbocycles. The Morgan fingerprint density at radius 3 is 2.38 bits per heavy atom. The van der Waals surface area contributed by atoms with Crippen molar-refractivity contribution in [1.82, 2.24) is 0 Å². The van der Waals surface area contributed by atoms with Crippen LogP contribution in [-0.2, 0) is 0 Å². The number of hydrogen-bond acceptors (Lipinski definition) is 3. The number of hydrogen-bond donors (Lipinski definition) is 0. The van der Waals surface area contributed by atoms with E-state index in [1.807, 2.05) is 48.6 Å². The van der Waals surface area contributed by atoms with Crippen LogP contribution in [-0.4, -0.2) is 32.0 Å². The van der Waals surface area contributed by atoms with Gasteiger partial charge in [0.15, 0.2) is 5.78 Å². The van der Waals surface area contributed by atoms with Crippen LogP contribution in [0.5, 0.6) is 0 Å². The normalized spacial score (nSPS) is 15.6. The van der Waals surface area contributed by atoms with E-state index in [1.165, 1.54) is 6.07 Å². The summed E-state index contributed by atoms with van der Waals surface area (Å²) in [7, 11) is 0. The van der Waals surface area contributed by atoms with Crippen molar-refractivity contribution in [2.45, 2.75) is 12.8 Å². The Bertz CT molecular complexity index is 1020. The monoisotopic (exact) mass is 386 g/mol. The summed E-state index contributed by atoms with van der Waals surface area (Å²) in [4.78, 5) is 16.8. The number of allylic oxidation sites excluding steroid dienone is 4. The third-order valence-corrected chi connectivity index (χ3v) is 5.36. The van der Waals surface area contributed by atoms with Gasteiger partial charge < -0.3 is 9.80 Å². The van der Waals surface area contributed by atoms with Crippen molar-refractivity contribution in [1.29, 1.82) is 0 Å². The van der Waals surface area contributed by atoms with E-state index in [2.05, 4.69) is 21.3 Å². The molecule has 29 heavy (non-hydrogen) atoms. The van der Waals surface area contributed by atoms with Crippen molar-refractivity contribution < 1.29 is 9.18 Å². The molecule has 0 bridgehead atoms. The highest BCUT2D eigenvalue weighted by Gasteiger charge is 2.19. The molecule has 0 radical (unpaired) electrons. The summed E-state index contributed by atoms with van der Waals surface area (Å²) in [5.41, 5.74) is 9.46. The average Bonchev–Trinajstić information content (AvgIpc) is 2.79. The smallest absolute Gasteiger partial charge is 0.163 e. The summed E-state index contributed by atoms with van der Waals surface area (Å²) in [6.45, 7) is 3.18. The van der Waals surface area contributed by atoms with Gasteiger partial charge in [0.2, 0.25) is 0 Å². The first kappa shape index (κ1) is 19.0. The van der Waals surface area contributed by atoms with Crippen LogP contribution in [0.25, 0.3) is 0 Å². The number of benzene rings is 2. The second-order valence-corrected chi connectivity index (χ2v) is 7.22. The largest absolute Gasteiger partial charge is 0.368 e. The van der Waals surface area contributed by atoms with Crippen LogP contribution in [0.1, 0.15) is 23.2 Å². The van der Waals surface area contributed by atoms with E-state index in [1.54, 1.807) is 12.1 Å². The summed E-state index contributed by atoms with van der Waals surface area (Å²) < 4.78 is 14.0. The quantitative estimate of drug-likeness (QED) is 0.520. The highest BCUT2D eigenvalue weighted by Crippen LogP contribution is 2.23. The predicted octanol–water partition coefficient (Wildman–Crippen LogP) is 4.92. The fourth-order valence-electron chi connectivity index (χ4n) is 3.70. The first-order valence-electron chi connectivity index (χ1n) is 9.96. The molecule has 0 amide bonds. The summed E-state index contributed by atoms with van der Waals surface area (Å²) in [6, 6.07) is 14.7. The fraction of sp³-hybridized carbons (Fsp3) is 0.240. The van der Waals surface area contributed by atoms with Gasteiger partial charge in [-0.2, -0.15) is 0 Å². The lowest BCUT2D eigenvalue weighted by Gasteiger charge is -2.37. The van der Waals surface area contributed by atoms with Crippen LogP contribution < -0.4 is 9.80 Å². The van der Waals surface area contributed by atoms with E-state index < -0.39 is 0 Å². The lowest BCUT2D eigenvalue weighted by molar-refractivity contribution is 0.0983. The topological polar surface area (TPSA) is 23.6 Å². The van der Waals surface area contributed by atoms with Gasteiger partial charge in [0, 0.05) is 49.4 Å². The zero-order valence-electron chi connectivity index (χ0n) is 16.3. The minimum absolute atomic E-state index is 0.137.